The second-order valence-electron chi connectivity index (χ2n) is 5.72. The highest BCUT2D eigenvalue weighted by Crippen LogP contribution is 2.33. The van der Waals surface area contributed by atoms with Crippen LogP contribution >= 0.6 is 0 Å². The van der Waals surface area contributed by atoms with Gasteiger partial charge in [0.05, 0.1) is 16.9 Å². The summed E-state index contributed by atoms with van der Waals surface area (Å²) >= 11 is 0. The molecule has 7 nitrogen and oxygen atoms in total. The summed E-state index contributed by atoms with van der Waals surface area (Å²) in [5, 5.41) is 10.8. The van der Waals surface area contributed by atoms with Crippen LogP contribution in [-0.2, 0) is 21.0 Å². The smallest absolute Gasteiger partial charge is 0.419 e. The van der Waals surface area contributed by atoms with E-state index >= 15 is 0 Å². The normalized spacial score (nSPS) is 11.7. The van der Waals surface area contributed by atoms with Crippen molar-refractivity contribution in [2.45, 2.75) is 17.5 Å². The van der Waals surface area contributed by atoms with Gasteiger partial charge >= 0.3 is 12.1 Å². The van der Waals surface area contributed by atoms with Gasteiger partial charge in [0, 0.05) is 17.8 Å². The second kappa shape index (κ2) is 8.47. The first-order valence-electron chi connectivity index (χ1n) is 7.90. The molecule has 2 aromatic rings. The predicted molar refractivity (Wildman–Crippen MR) is 93.2 cm³/mol. The maximum absolute atomic E-state index is 13.3. The topological polar surface area (TPSA) is 113 Å². The third kappa shape index (κ3) is 5.91. The number of nitrogens with one attached hydrogen (secondary N) is 2. The van der Waals surface area contributed by atoms with Crippen molar-refractivity contribution >= 4 is 27.6 Å². The van der Waals surface area contributed by atoms with E-state index in [0.717, 1.165) is 30.3 Å². The van der Waals surface area contributed by atoms with E-state index in [2.05, 4.69) is 5.32 Å². The first kappa shape index (κ1) is 22.1. The van der Waals surface area contributed by atoms with E-state index < -0.39 is 45.1 Å². The largest absolute Gasteiger partial charge is 0.481 e. The highest BCUT2D eigenvalue weighted by molar-refractivity contribution is 7.92. The maximum Gasteiger partial charge on any atom is 0.419 e. The van der Waals surface area contributed by atoms with Gasteiger partial charge in [-0.3, -0.25) is 14.3 Å². The molecule has 0 saturated carbocycles. The number of carboxylic acid groups (broad SMARTS) is 1. The molecular formula is C17H14F4N2O5S. The van der Waals surface area contributed by atoms with Crippen molar-refractivity contribution in [1.82, 2.24) is 5.32 Å². The Hall–Kier alpha value is -3.15. The molecule has 2 rings (SSSR count). The molecule has 0 heterocycles. The summed E-state index contributed by atoms with van der Waals surface area (Å²) in [6, 6.07) is 6.05. The number of benzene rings is 2. The van der Waals surface area contributed by atoms with Gasteiger partial charge in [-0.05, 0) is 42.5 Å². The number of anilines is 1. The van der Waals surface area contributed by atoms with E-state index in [1.807, 2.05) is 4.72 Å². The predicted octanol–water partition coefficient (Wildman–Crippen LogP) is 2.85. The van der Waals surface area contributed by atoms with Crippen LogP contribution in [0.2, 0.25) is 0 Å². The molecule has 12 heteroatoms. The summed E-state index contributed by atoms with van der Waals surface area (Å²) in [5.41, 5.74) is -2.06. The van der Waals surface area contributed by atoms with Gasteiger partial charge in [-0.25, -0.2) is 12.8 Å². The molecule has 0 spiro atoms. The zero-order valence-electron chi connectivity index (χ0n) is 14.5. The molecule has 156 valence electrons. The molecule has 0 aliphatic carbocycles. The highest BCUT2D eigenvalue weighted by atomic mass is 32.2. The monoisotopic (exact) mass is 434 g/mol. The van der Waals surface area contributed by atoms with Crippen molar-refractivity contribution in [3.63, 3.8) is 0 Å². The second-order valence-corrected chi connectivity index (χ2v) is 7.40. The van der Waals surface area contributed by atoms with Crippen molar-refractivity contribution in [1.29, 1.82) is 0 Å². The molecule has 0 unspecified atom stereocenters. The molecule has 0 aliphatic heterocycles. The van der Waals surface area contributed by atoms with Crippen LogP contribution in [0.4, 0.5) is 23.2 Å². The van der Waals surface area contributed by atoms with Crippen LogP contribution in [0, 0.1) is 5.82 Å². The lowest BCUT2D eigenvalue weighted by atomic mass is 10.2. The summed E-state index contributed by atoms with van der Waals surface area (Å²) < 4.78 is 78.1. The molecule has 0 fully saturated rings. The average Bonchev–Trinajstić information content (AvgIpc) is 2.62. The minimum absolute atomic E-state index is 0.0514. The summed E-state index contributed by atoms with van der Waals surface area (Å²) in [7, 11) is -4.31. The van der Waals surface area contributed by atoms with Crippen molar-refractivity contribution < 1.29 is 40.7 Å². The SMILES string of the molecule is O=C(O)CCNC(=O)c1ccc(S(=O)(=O)Nc2ccc(F)c(C(F)(F)F)c2)cc1. The summed E-state index contributed by atoms with van der Waals surface area (Å²) in [4.78, 5) is 21.9. The number of alkyl halides is 3. The zero-order valence-corrected chi connectivity index (χ0v) is 15.3. The van der Waals surface area contributed by atoms with Crippen molar-refractivity contribution in [3.05, 3.63) is 59.4 Å². The fraction of sp³-hybridized carbons (Fsp3) is 0.176. The van der Waals surface area contributed by atoms with Crippen molar-refractivity contribution in [3.8, 4) is 0 Å². The van der Waals surface area contributed by atoms with Crippen molar-refractivity contribution in [2.75, 3.05) is 11.3 Å². The fourth-order valence-corrected chi connectivity index (χ4v) is 3.24. The van der Waals surface area contributed by atoms with Crippen LogP contribution in [-0.4, -0.2) is 31.9 Å². The molecule has 1 amide bonds. The molecule has 0 aromatic heterocycles. The van der Waals surface area contributed by atoms with Gasteiger partial charge in [-0.1, -0.05) is 0 Å². The Morgan fingerprint density at radius 1 is 1.03 bits per heavy atom. The van der Waals surface area contributed by atoms with Gasteiger partial charge in [-0.2, -0.15) is 13.2 Å². The number of rotatable bonds is 7. The number of halogens is 4. The number of sulfonamides is 1. The van der Waals surface area contributed by atoms with Gasteiger partial charge in [0.1, 0.15) is 5.82 Å². The first-order chi connectivity index (χ1) is 13.4. The Kier molecular flexibility index (Phi) is 6.47. The van der Waals surface area contributed by atoms with Gasteiger partial charge in [0.25, 0.3) is 15.9 Å². The summed E-state index contributed by atoms with van der Waals surface area (Å²) in [5.74, 6) is -3.28. The van der Waals surface area contributed by atoms with Gasteiger partial charge in [0.2, 0.25) is 0 Å². The Labute approximate surface area is 162 Å². The minimum Gasteiger partial charge on any atom is -0.481 e. The molecule has 0 saturated heterocycles. The van der Waals surface area contributed by atoms with Crippen molar-refractivity contribution in [2.24, 2.45) is 0 Å². The van der Waals surface area contributed by atoms with Crippen LogP contribution in [0.5, 0.6) is 0 Å². The number of carboxylic acids is 1. The molecule has 29 heavy (non-hydrogen) atoms. The summed E-state index contributed by atoms with van der Waals surface area (Å²) in [6.45, 7) is -0.123. The van der Waals surface area contributed by atoms with Crippen LogP contribution in [0.25, 0.3) is 0 Å². The third-order valence-electron chi connectivity index (χ3n) is 3.58. The van der Waals surface area contributed by atoms with Crippen LogP contribution in [0.15, 0.2) is 47.4 Å². The molecule has 0 atom stereocenters. The Morgan fingerprint density at radius 3 is 2.21 bits per heavy atom. The third-order valence-corrected chi connectivity index (χ3v) is 4.97. The van der Waals surface area contributed by atoms with E-state index in [0.29, 0.717) is 12.1 Å². The van der Waals surface area contributed by atoms with Gasteiger partial charge < -0.3 is 10.4 Å². The van der Waals surface area contributed by atoms with E-state index in [-0.39, 0.29) is 23.4 Å². The Morgan fingerprint density at radius 2 is 1.66 bits per heavy atom. The lowest BCUT2D eigenvalue weighted by molar-refractivity contribution is -0.140. The highest BCUT2D eigenvalue weighted by Gasteiger charge is 2.34. The van der Waals surface area contributed by atoms with E-state index in [4.69, 9.17) is 5.11 Å². The van der Waals surface area contributed by atoms with Gasteiger partial charge in [0.15, 0.2) is 0 Å². The Bertz CT molecular complexity index is 1020. The van der Waals surface area contributed by atoms with E-state index in [1.165, 1.54) is 0 Å². The van der Waals surface area contributed by atoms with Crippen LogP contribution in [0.3, 0.4) is 0 Å². The first-order valence-corrected chi connectivity index (χ1v) is 9.38. The number of hydrogen-bond donors (Lipinski definition) is 3. The van der Waals surface area contributed by atoms with E-state index in [1.54, 1.807) is 0 Å². The lowest BCUT2D eigenvalue weighted by Crippen LogP contribution is -2.26. The number of carbonyl (C=O) groups is 2. The molecule has 0 bridgehead atoms. The minimum atomic E-state index is -5.00. The summed E-state index contributed by atoms with van der Waals surface area (Å²) in [6.07, 6.45) is -5.29. The molecule has 0 radical (unpaired) electrons. The maximum atomic E-state index is 13.3. The van der Waals surface area contributed by atoms with Gasteiger partial charge in [-0.15, -0.1) is 0 Å². The molecular weight excluding hydrogens is 420 g/mol. The average molecular weight is 434 g/mol. The molecule has 2 aromatic carbocycles. The number of hydrogen-bond acceptors (Lipinski definition) is 4. The fourth-order valence-electron chi connectivity index (χ4n) is 2.19. The van der Waals surface area contributed by atoms with Crippen LogP contribution in [0.1, 0.15) is 22.3 Å². The molecule has 3 N–H and O–H groups in total. The lowest BCUT2D eigenvalue weighted by Gasteiger charge is -2.12. The number of amides is 1. The standard InChI is InChI=1S/C17H14F4N2O5S/c18-14-6-3-11(9-13(14)17(19,20)21)23-29(27,28)12-4-1-10(2-5-12)16(26)22-8-7-15(24)25/h1-6,9,23H,7-8H2,(H,22,26)(H,24,25). The molecule has 0 aliphatic rings. The quantitative estimate of drug-likeness (QED) is 0.580. The zero-order chi connectivity index (χ0) is 21.8. The number of carbonyl (C=O) groups excluding carboxylic acids is 1. The Balaban J connectivity index is 2.16. The number of aliphatic carboxylic acids is 1. The van der Waals surface area contributed by atoms with Crippen LogP contribution < -0.4 is 10.0 Å². The van der Waals surface area contributed by atoms with E-state index in [9.17, 15) is 35.6 Å².